The van der Waals surface area contributed by atoms with Crippen molar-refractivity contribution < 1.29 is 14.6 Å². The van der Waals surface area contributed by atoms with Crippen LogP contribution in [0.1, 0.15) is 44.1 Å². The molecule has 2 N–H and O–H groups in total. The number of rotatable bonds is 5. The molecular formula is C25H29BrN4O3. The molecule has 0 radical (unpaired) electrons. The fraction of sp³-hybridized carbons (Fsp3) is 0.480. The summed E-state index contributed by atoms with van der Waals surface area (Å²) in [6.07, 6.45) is 7.48. The van der Waals surface area contributed by atoms with E-state index in [1.54, 1.807) is 0 Å². The van der Waals surface area contributed by atoms with Gasteiger partial charge in [0.2, 0.25) is 0 Å². The monoisotopic (exact) mass is 512 g/mol. The number of halogens is 1. The first-order valence-corrected chi connectivity index (χ1v) is 12.5. The number of H-pyrrole nitrogens is 1. The molecular weight excluding hydrogens is 484 g/mol. The Labute approximate surface area is 201 Å². The SMILES string of the molecule is Cc1cc(Br)c2nc(-c3ccc(N4CCC(OC5CCC(C(=O)O)CC5)CC4)nc3)[nH]c2c1. The third kappa shape index (κ3) is 4.92. The Hall–Kier alpha value is -2.45. The predicted molar refractivity (Wildman–Crippen MR) is 131 cm³/mol. The van der Waals surface area contributed by atoms with Crippen LogP contribution in [-0.2, 0) is 9.53 Å². The Morgan fingerprint density at radius 3 is 2.52 bits per heavy atom. The van der Waals surface area contributed by atoms with E-state index >= 15 is 0 Å². The van der Waals surface area contributed by atoms with Crippen molar-refractivity contribution in [3.63, 3.8) is 0 Å². The average Bonchev–Trinajstić information content (AvgIpc) is 3.25. The van der Waals surface area contributed by atoms with Gasteiger partial charge in [-0.3, -0.25) is 4.79 Å². The van der Waals surface area contributed by atoms with Crippen LogP contribution < -0.4 is 4.90 Å². The van der Waals surface area contributed by atoms with Crippen molar-refractivity contribution in [2.75, 3.05) is 18.0 Å². The number of benzene rings is 1. The molecule has 0 amide bonds. The van der Waals surface area contributed by atoms with Crippen LogP contribution in [0.25, 0.3) is 22.4 Å². The van der Waals surface area contributed by atoms with E-state index in [1.165, 1.54) is 5.56 Å². The van der Waals surface area contributed by atoms with E-state index in [0.29, 0.717) is 0 Å². The highest BCUT2D eigenvalue weighted by Crippen LogP contribution is 2.30. The van der Waals surface area contributed by atoms with E-state index in [0.717, 1.165) is 84.3 Å². The summed E-state index contributed by atoms with van der Waals surface area (Å²) in [6, 6.07) is 8.31. The molecule has 1 aromatic carbocycles. The Morgan fingerprint density at radius 1 is 1.12 bits per heavy atom. The minimum atomic E-state index is -0.663. The molecule has 2 aliphatic rings. The standard InChI is InChI=1S/C25H29BrN4O3/c1-15-12-20(26)23-21(13-15)28-24(29-23)17-4-7-22(27-14-17)30-10-8-19(9-11-30)33-18-5-2-16(3-6-18)25(31)32/h4,7,12-14,16,18-19H,2-3,5-6,8-11H2,1H3,(H,28,29)(H,31,32). The van der Waals surface area contributed by atoms with Crippen LogP contribution in [0, 0.1) is 12.8 Å². The number of hydrogen-bond donors (Lipinski definition) is 2. The molecule has 1 aliphatic carbocycles. The first-order chi connectivity index (χ1) is 16.0. The lowest BCUT2D eigenvalue weighted by Crippen LogP contribution is -2.39. The van der Waals surface area contributed by atoms with E-state index < -0.39 is 5.97 Å². The van der Waals surface area contributed by atoms with Crippen molar-refractivity contribution in [1.29, 1.82) is 0 Å². The number of ether oxygens (including phenoxy) is 1. The molecule has 174 valence electrons. The summed E-state index contributed by atoms with van der Waals surface area (Å²) in [5, 5.41) is 9.16. The molecule has 5 rings (SSSR count). The summed E-state index contributed by atoms with van der Waals surface area (Å²) in [6.45, 7) is 3.90. The fourth-order valence-corrected chi connectivity index (χ4v) is 5.66. The maximum absolute atomic E-state index is 11.1. The van der Waals surface area contributed by atoms with Crippen LogP contribution in [-0.4, -0.2) is 51.3 Å². The number of aromatic nitrogens is 3. The number of aryl methyl sites for hydroxylation is 1. The van der Waals surface area contributed by atoms with Crippen LogP contribution >= 0.6 is 15.9 Å². The van der Waals surface area contributed by atoms with Crippen molar-refractivity contribution in [2.24, 2.45) is 5.92 Å². The zero-order valence-electron chi connectivity index (χ0n) is 18.8. The van der Waals surface area contributed by atoms with Crippen molar-refractivity contribution in [3.05, 3.63) is 40.5 Å². The quantitative estimate of drug-likeness (QED) is 0.480. The second-order valence-electron chi connectivity index (χ2n) is 9.27. The number of fused-ring (bicyclic) bond motifs is 1. The minimum Gasteiger partial charge on any atom is -0.481 e. The number of anilines is 1. The third-order valence-corrected chi connectivity index (χ3v) is 7.48. The maximum Gasteiger partial charge on any atom is 0.306 e. The van der Waals surface area contributed by atoms with Gasteiger partial charge >= 0.3 is 5.97 Å². The summed E-state index contributed by atoms with van der Waals surface area (Å²) < 4.78 is 7.30. The number of piperidine rings is 1. The van der Waals surface area contributed by atoms with Crippen molar-refractivity contribution in [1.82, 2.24) is 15.0 Å². The van der Waals surface area contributed by atoms with Gasteiger partial charge in [-0.05, 0) is 91.2 Å². The number of aromatic amines is 1. The Kier molecular flexibility index (Phi) is 6.38. The topological polar surface area (TPSA) is 91.3 Å². The van der Waals surface area contributed by atoms with Crippen LogP contribution in [0.15, 0.2) is 34.9 Å². The number of nitrogens with one attached hydrogen (secondary N) is 1. The number of carboxylic acid groups (broad SMARTS) is 1. The molecule has 1 saturated carbocycles. The van der Waals surface area contributed by atoms with Gasteiger partial charge in [-0.25, -0.2) is 9.97 Å². The van der Waals surface area contributed by atoms with Gasteiger partial charge < -0.3 is 19.7 Å². The first kappa shape index (κ1) is 22.3. The molecule has 1 saturated heterocycles. The van der Waals surface area contributed by atoms with Gasteiger partial charge in [-0.15, -0.1) is 0 Å². The first-order valence-electron chi connectivity index (χ1n) is 11.7. The lowest BCUT2D eigenvalue weighted by Gasteiger charge is -2.36. The lowest BCUT2D eigenvalue weighted by molar-refractivity contribution is -0.144. The smallest absolute Gasteiger partial charge is 0.306 e. The van der Waals surface area contributed by atoms with E-state index in [2.05, 4.69) is 57.0 Å². The maximum atomic E-state index is 11.1. The number of carboxylic acids is 1. The molecule has 0 spiro atoms. The second kappa shape index (κ2) is 9.43. The van der Waals surface area contributed by atoms with E-state index in [9.17, 15) is 4.79 Å². The molecule has 2 aromatic heterocycles. The van der Waals surface area contributed by atoms with Gasteiger partial charge in [0, 0.05) is 29.3 Å². The molecule has 1 aliphatic heterocycles. The summed E-state index contributed by atoms with van der Waals surface area (Å²) in [7, 11) is 0. The third-order valence-electron chi connectivity index (χ3n) is 6.88. The largest absolute Gasteiger partial charge is 0.481 e. The molecule has 0 bridgehead atoms. The normalized spacial score (nSPS) is 22.1. The second-order valence-corrected chi connectivity index (χ2v) is 10.1. The van der Waals surface area contributed by atoms with Crippen LogP contribution in [0.4, 0.5) is 5.82 Å². The van der Waals surface area contributed by atoms with Crippen molar-refractivity contribution >= 4 is 38.8 Å². The van der Waals surface area contributed by atoms with E-state index in [1.807, 2.05) is 6.20 Å². The lowest BCUT2D eigenvalue weighted by atomic mass is 9.87. The van der Waals surface area contributed by atoms with Crippen molar-refractivity contribution in [2.45, 2.75) is 57.7 Å². The summed E-state index contributed by atoms with van der Waals surface area (Å²) >= 11 is 3.60. The van der Waals surface area contributed by atoms with E-state index in [4.69, 9.17) is 19.8 Å². The molecule has 7 nitrogen and oxygen atoms in total. The minimum absolute atomic E-state index is 0.189. The van der Waals surface area contributed by atoms with Gasteiger partial charge in [-0.1, -0.05) is 0 Å². The van der Waals surface area contributed by atoms with Gasteiger partial charge in [0.25, 0.3) is 0 Å². The fourth-order valence-electron chi connectivity index (χ4n) is 5.00. The Balaban J connectivity index is 1.17. The number of aliphatic carboxylic acids is 1. The van der Waals surface area contributed by atoms with Gasteiger partial charge in [0.1, 0.15) is 17.2 Å². The molecule has 2 fully saturated rings. The highest BCUT2D eigenvalue weighted by atomic mass is 79.9. The zero-order chi connectivity index (χ0) is 22.9. The number of imidazole rings is 1. The zero-order valence-corrected chi connectivity index (χ0v) is 20.3. The molecule has 0 unspecified atom stereocenters. The number of carbonyl (C=O) groups is 1. The number of nitrogens with zero attached hydrogens (tertiary/aromatic N) is 3. The average molecular weight is 513 g/mol. The number of pyridine rings is 1. The summed E-state index contributed by atoms with van der Waals surface area (Å²) in [4.78, 5) is 26.3. The molecule has 3 aromatic rings. The van der Waals surface area contributed by atoms with Gasteiger partial charge in [-0.2, -0.15) is 0 Å². The van der Waals surface area contributed by atoms with E-state index in [-0.39, 0.29) is 18.1 Å². The summed E-state index contributed by atoms with van der Waals surface area (Å²) in [5.74, 6) is 0.946. The van der Waals surface area contributed by atoms with Crippen LogP contribution in [0.2, 0.25) is 0 Å². The Bertz CT molecular complexity index is 1130. The molecule has 3 heterocycles. The highest BCUT2D eigenvalue weighted by molar-refractivity contribution is 9.10. The van der Waals surface area contributed by atoms with Crippen LogP contribution in [0.5, 0.6) is 0 Å². The molecule has 8 heteroatoms. The van der Waals surface area contributed by atoms with Crippen molar-refractivity contribution in [3.8, 4) is 11.4 Å². The number of hydrogen-bond acceptors (Lipinski definition) is 5. The van der Waals surface area contributed by atoms with Gasteiger partial charge in [0.15, 0.2) is 0 Å². The molecule has 33 heavy (non-hydrogen) atoms. The molecule has 0 atom stereocenters. The highest BCUT2D eigenvalue weighted by Gasteiger charge is 2.29. The van der Waals surface area contributed by atoms with Gasteiger partial charge in [0.05, 0.1) is 23.6 Å². The van der Waals surface area contributed by atoms with Crippen LogP contribution in [0.3, 0.4) is 0 Å². The predicted octanol–water partition coefficient (Wildman–Crippen LogP) is 5.32. The summed E-state index contributed by atoms with van der Waals surface area (Å²) in [5.41, 5.74) is 4.09. The Morgan fingerprint density at radius 2 is 1.85 bits per heavy atom.